The topological polar surface area (TPSA) is 131 Å². The lowest BCUT2D eigenvalue weighted by Crippen LogP contribution is -2.01. The molecule has 0 fully saturated rings. The van der Waals surface area contributed by atoms with Gasteiger partial charge in [-0.1, -0.05) is 30.3 Å². The number of rotatable bonds is 6. The summed E-state index contributed by atoms with van der Waals surface area (Å²) in [7, 11) is 1.54. The summed E-state index contributed by atoms with van der Waals surface area (Å²) >= 11 is 0. The van der Waals surface area contributed by atoms with Crippen molar-refractivity contribution in [1.29, 1.82) is 0 Å². The lowest BCUT2D eigenvalue weighted by Gasteiger charge is -2.11. The summed E-state index contributed by atoms with van der Waals surface area (Å²) in [6.07, 6.45) is 0. The van der Waals surface area contributed by atoms with Gasteiger partial charge < -0.3 is 9.47 Å². The van der Waals surface area contributed by atoms with E-state index in [0.717, 1.165) is 12.1 Å². The first-order valence-corrected chi connectivity index (χ1v) is 8.98. The number of benzene rings is 3. The fourth-order valence-electron chi connectivity index (χ4n) is 2.97. The first kappa shape index (κ1) is 19.7. The second-order valence-electron chi connectivity index (χ2n) is 6.37. The Kier molecular flexibility index (Phi) is 5.10. The molecule has 4 rings (SSSR count). The normalized spacial score (nSPS) is 10.6. The molecule has 0 bridgehead atoms. The van der Waals surface area contributed by atoms with Crippen molar-refractivity contribution in [2.24, 2.45) is 0 Å². The zero-order valence-corrected chi connectivity index (χ0v) is 16.1. The Morgan fingerprint density at radius 2 is 1.52 bits per heavy atom. The summed E-state index contributed by atoms with van der Waals surface area (Å²) in [5.41, 5.74) is -0.184. The highest BCUT2D eigenvalue weighted by molar-refractivity contribution is 5.89. The molecule has 4 aromatic rings. The zero-order valence-electron chi connectivity index (χ0n) is 16.1. The summed E-state index contributed by atoms with van der Waals surface area (Å²) in [6.45, 7) is 0. The molecule has 10 heteroatoms. The molecule has 0 aliphatic rings. The average Bonchev–Trinajstić information content (AvgIpc) is 2.78. The van der Waals surface area contributed by atoms with Crippen LogP contribution >= 0.6 is 0 Å². The third-order valence-corrected chi connectivity index (χ3v) is 4.43. The molecule has 1 heterocycles. The maximum atomic E-state index is 11.5. The molecule has 0 unspecified atom stereocenters. The van der Waals surface area contributed by atoms with Crippen LogP contribution in [-0.4, -0.2) is 26.9 Å². The van der Waals surface area contributed by atoms with E-state index < -0.39 is 21.2 Å². The summed E-state index contributed by atoms with van der Waals surface area (Å²) in [5.74, 6) is 1.11. The number of methoxy groups -OCH3 is 1. The Hall–Kier alpha value is -4.60. The minimum Gasteiger partial charge on any atom is -0.497 e. The summed E-state index contributed by atoms with van der Waals surface area (Å²) in [6, 6.07) is 17.6. The van der Waals surface area contributed by atoms with Crippen molar-refractivity contribution in [3.8, 4) is 28.6 Å². The molecule has 0 aliphatic heterocycles. The van der Waals surface area contributed by atoms with E-state index in [1.54, 1.807) is 48.5 Å². The van der Waals surface area contributed by atoms with Crippen LogP contribution in [0.5, 0.6) is 17.4 Å². The highest BCUT2D eigenvalue weighted by atomic mass is 16.6. The van der Waals surface area contributed by atoms with Gasteiger partial charge in [-0.3, -0.25) is 20.2 Å². The molecule has 154 valence electrons. The Balaban J connectivity index is 1.95. The first-order chi connectivity index (χ1) is 15.0. The number of fused-ring (bicyclic) bond motifs is 1. The Bertz CT molecular complexity index is 1290. The van der Waals surface area contributed by atoms with Gasteiger partial charge in [0.25, 0.3) is 5.69 Å². The van der Waals surface area contributed by atoms with Gasteiger partial charge in [0.1, 0.15) is 22.7 Å². The van der Waals surface area contributed by atoms with Gasteiger partial charge in [0.2, 0.25) is 5.88 Å². The molecular formula is C21H14N4O6. The highest BCUT2D eigenvalue weighted by Gasteiger charge is 2.24. The molecule has 0 radical (unpaired) electrons. The average molecular weight is 418 g/mol. The van der Waals surface area contributed by atoms with E-state index in [0.29, 0.717) is 17.1 Å². The smallest absolute Gasteiger partial charge is 0.303 e. The van der Waals surface area contributed by atoms with Crippen LogP contribution in [0.25, 0.3) is 22.3 Å². The molecule has 0 atom stereocenters. The number of nitro groups is 2. The minimum atomic E-state index is -0.719. The number of nitrogens with zero attached hydrogens (tertiary/aromatic N) is 4. The van der Waals surface area contributed by atoms with Gasteiger partial charge in [-0.05, 0) is 24.3 Å². The molecule has 0 saturated heterocycles. The van der Waals surface area contributed by atoms with Gasteiger partial charge in [0, 0.05) is 11.6 Å². The number of nitro benzene ring substituents is 2. The Morgan fingerprint density at radius 3 is 2.13 bits per heavy atom. The molecule has 31 heavy (non-hydrogen) atoms. The molecule has 10 nitrogen and oxygen atoms in total. The highest BCUT2D eigenvalue weighted by Crippen LogP contribution is 2.36. The third kappa shape index (κ3) is 3.94. The van der Waals surface area contributed by atoms with Crippen molar-refractivity contribution in [1.82, 2.24) is 9.97 Å². The molecule has 0 amide bonds. The van der Waals surface area contributed by atoms with Crippen LogP contribution in [0.2, 0.25) is 0 Å². The van der Waals surface area contributed by atoms with Crippen LogP contribution in [0.4, 0.5) is 11.4 Å². The molecular weight excluding hydrogens is 404 g/mol. The maximum absolute atomic E-state index is 11.5. The molecule has 0 saturated carbocycles. The maximum Gasteiger partial charge on any atom is 0.303 e. The van der Waals surface area contributed by atoms with E-state index in [1.165, 1.54) is 7.11 Å². The fourth-order valence-corrected chi connectivity index (χ4v) is 2.97. The number of hydrogen-bond acceptors (Lipinski definition) is 8. The van der Waals surface area contributed by atoms with Crippen molar-refractivity contribution in [3.63, 3.8) is 0 Å². The summed E-state index contributed by atoms with van der Waals surface area (Å²) < 4.78 is 11.0. The summed E-state index contributed by atoms with van der Waals surface area (Å²) in [4.78, 5) is 30.1. The Morgan fingerprint density at radius 1 is 0.839 bits per heavy atom. The van der Waals surface area contributed by atoms with Gasteiger partial charge in [-0.15, -0.1) is 0 Å². The monoisotopic (exact) mass is 418 g/mol. The molecule has 0 spiro atoms. The van der Waals surface area contributed by atoms with Crippen LogP contribution in [0.1, 0.15) is 0 Å². The lowest BCUT2D eigenvalue weighted by atomic mass is 10.1. The first-order valence-electron chi connectivity index (χ1n) is 8.98. The SMILES string of the molecule is COc1ccc(Oc2nc3cc([N+](=O)[O-])cc([N+](=O)[O-])c3nc2-c2ccccc2)cc1. The van der Waals surface area contributed by atoms with Crippen LogP contribution in [0, 0.1) is 20.2 Å². The van der Waals surface area contributed by atoms with Crippen molar-refractivity contribution in [2.75, 3.05) is 7.11 Å². The number of hydrogen-bond donors (Lipinski definition) is 0. The largest absolute Gasteiger partial charge is 0.497 e. The van der Waals surface area contributed by atoms with Crippen LogP contribution in [0.15, 0.2) is 66.7 Å². The predicted molar refractivity (Wildman–Crippen MR) is 111 cm³/mol. The third-order valence-electron chi connectivity index (χ3n) is 4.43. The van der Waals surface area contributed by atoms with E-state index in [-0.39, 0.29) is 22.6 Å². The fraction of sp³-hybridized carbons (Fsp3) is 0.0476. The Labute approximate surface area is 175 Å². The second-order valence-corrected chi connectivity index (χ2v) is 6.37. The predicted octanol–water partition coefficient (Wildman–Crippen LogP) is 4.91. The van der Waals surface area contributed by atoms with E-state index in [2.05, 4.69) is 9.97 Å². The number of aromatic nitrogens is 2. The van der Waals surface area contributed by atoms with Gasteiger partial charge in [-0.2, -0.15) is 0 Å². The van der Waals surface area contributed by atoms with E-state index >= 15 is 0 Å². The van der Waals surface area contributed by atoms with Crippen molar-refractivity contribution in [3.05, 3.63) is 87.0 Å². The standard InChI is InChI=1S/C21H14N4O6/c1-30-15-7-9-16(10-8-15)31-21-19(13-5-3-2-4-6-13)23-20-17(22-21)11-14(24(26)27)12-18(20)25(28)29/h2-12H,1H3. The van der Waals surface area contributed by atoms with Crippen LogP contribution < -0.4 is 9.47 Å². The second kappa shape index (κ2) is 8.03. The van der Waals surface area contributed by atoms with Gasteiger partial charge in [0.05, 0.1) is 23.0 Å². The lowest BCUT2D eigenvalue weighted by molar-refractivity contribution is -0.393. The summed E-state index contributed by atoms with van der Waals surface area (Å²) in [5, 5.41) is 22.8. The quantitative estimate of drug-likeness (QED) is 0.319. The molecule has 0 aliphatic carbocycles. The van der Waals surface area contributed by atoms with Crippen LogP contribution in [0.3, 0.4) is 0 Å². The van der Waals surface area contributed by atoms with E-state index in [1.807, 2.05) is 6.07 Å². The van der Waals surface area contributed by atoms with Gasteiger partial charge in [0.15, 0.2) is 5.52 Å². The number of ether oxygens (including phenoxy) is 2. The van der Waals surface area contributed by atoms with Crippen LogP contribution in [-0.2, 0) is 0 Å². The van der Waals surface area contributed by atoms with E-state index in [4.69, 9.17) is 9.47 Å². The van der Waals surface area contributed by atoms with Crippen molar-refractivity contribution >= 4 is 22.4 Å². The van der Waals surface area contributed by atoms with Crippen molar-refractivity contribution in [2.45, 2.75) is 0 Å². The van der Waals surface area contributed by atoms with Crippen molar-refractivity contribution < 1.29 is 19.3 Å². The zero-order chi connectivity index (χ0) is 22.0. The minimum absolute atomic E-state index is 0.0240. The van der Waals surface area contributed by atoms with Gasteiger partial charge >= 0.3 is 5.69 Å². The van der Waals surface area contributed by atoms with E-state index in [9.17, 15) is 20.2 Å². The molecule has 3 aromatic carbocycles. The molecule has 1 aromatic heterocycles. The molecule has 0 N–H and O–H groups in total. The number of non-ortho nitro benzene ring substituents is 2. The van der Waals surface area contributed by atoms with Gasteiger partial charge in [-0.25, -0.2) is 9.97 Å².